The van der Waals surface area contributed by atoms with Crippen LogP contribution in [0.15, 0.2) is 0 Å². The molecular weight excluding hydrogens is 168 g/mol. The smallest absolute Gasteiger partial charge is 0.160 e. The van der Waals surface area contributed by atoms with Gasteiger partial charge in [0.05, 0.1) is 13.2 Å². The summed E-state index contributed by atoms with van der Waals surface area (Å²) >= 11 is 0. The maximum atomic E-state index is 5.64. The van der Waals surface area contributed by atoms with Crippen molar-refractivity contribution in [1.82, 2.24) is 9.78 Å². The zero-order valence-corrected chi connectivity index (χ0v) is 7.45. The summed E-state index contributed by atoms with van der Waals surface area (Å²) in [5.74, 6) is 2.75. The summed E-state index contributed by atoms with van der Waals surface area (Å²) in [6.07, 6.45) is 5.17. The topological polar surface area (TPSA) is 79.1 Å². The Hall–Kier alpha value is -1.67. The van der Waals surface area contributed by atoms with Crippen LogP contribution in [0.25, 0.3) is 0 Å². The van der Waals surface area contributed by atoms with Gasteiger partial charge in [0.2, 0.25) is 0 Å². The third-order valence-electron chi connectivity index (χ3n) is 1.67. The molecule has 1 aromatic heterocycles. The molecule has 0 saturated carbocycles. The largest absolute Gasteiger partial charge is 0.393 e. The Kier molecular flexibility index (Phi) is 2.77. The average molecular weight is 180 g/mol. The lowest BCUT2D eigenvalue weighted by Gasteiger charge is -2.01. The lowest BCUT2D eigenvalue weighted by Crippen LogP contribution is -2.09. The molecule has 0 aromatic carbocycles. The van der Waals surface area contributed by atoms with Crippen LogP contribution in [0.4, 0.5) is 11.5 Å². The second kappa shape index (κ2) is 3.83. The first kappa shape index (κ1) is 9.42. The fraction of sp³-hybridized carbons (Fsp3) is 0.375. The summed E-state index contributed by atoms with van der Waals surface area (Å²) < 4.78 is 6.41. The molecule has 0 radical (unpaired) electrons. The highest BCUT2D eigenvalue weighted by Crippen LogP contribution is 2.17. The van der Waals surface area contributed by atoms with E-state index in [2.05, 4.69) is 11.0 Å². The first-order valence-corrected chi connectivity index (χ1v) is 3.78. The number of methoxy groups -OCH3 is 1. The predicted molar refractivity (Wildman–Crippen MR) is 50.9 cm³/mol. The summed E-state index contributed by atoms with van der Waals surface area (Å²) in [5, 5.41) is 4.02. The van der Waals surface area contributed by atoms with Crippen molar-refractivity contribution in [2.45, 2.75) is 6.54 Å². The van der Waals surface area contributed by atoms with Crippen molar-refractivity contribution in [3.05, 3.63) is 5.69 Å². The molecular formula is C8H12N4O. The molecule has 0 saturated heterocycles. The van der Waals surface area contributed by atoms with Crippen LogP contribution >= 0.6 is 0 Å². The number of ether oxygens (including phenoxy) is 1. The first-order chi connectivity index (χ1) is 6.20. The van der Waals surface area contributed by atoms with E-state index in [0.29, 0.717) is 30.4 Å². The number of nitrogen functional groups attached to an aromatic ring is 2. The van der Waals surface area contributed by atoms with Crippen LogP contribution in [0, 0.1) is 12.3 Å². The van der Waals surface area contributed by atoms with Gasteiger partial charge in [-0.2, -0.15) is 5.10 Å². The van der Waals surface area contributed by atoms with Gasteiger partial charge >= 0.3 is 0 Å². The second-order valence-corrected chi connectivity index (χ2v) is 2.51. The molecule has 13 heavy (non-hydrogen) atoms. The minimum atomic E-state index is 0.360. The lowest BCUT2D eigenvalue weighted by molar-refractivity contribution is 0.184. The molecule has 5 heteroatoms. The Balaban J connectivity index is 2.91. The van der Waals surface area contributed by atoms with Crippen molar-refractivity contribution in [2.75, 3.05) is 25.2 Å². The molecule has 1 rings (SSSR count). The van der Waals surface area contributed by atoms with Gasteiger partial charge in [-0.15, -0.1) is 6.42 Å². The summed E-state index contributed by atoms with van der Waals surface area (Å²) in [6.45, 7) is 1.07. The molecule has 1 heterocycles. The third kappa shape index (κ3) is 1.73. The molecule has 0 atom stereocenters. The quantitative estimate of drug-likeness (QED) is 0.624. The standard InChI is InChI=1S/C8H12N4O/c1-3-6-7(9)8(10)12(11-6)4-5-13-2/h1H,4-5,9-10H2,2H3. The van der Waals surface area contributed by atoms with Gasteiger partial charge in [-0.3, -0.25) is 0 Å². The van der Waals surface area contributed by atoms with Crippen LogP contribution < -0.4 is 11.5 Å². The predicted octanol–water partition coefficient (Wildman–Crippen LogP) is -0.325. The van der Waals surface area contributed by atoms with E-state index in [1.165, 1.54) is 4.68 Å². The molecule has 0 bridgehead atoms. The SMILES string of the molecule is C#Cc1nn(CCOC)c(N)c1N. The van der Waals surface area contributed by atoms with E-state index in [0.717, 1.165) is 0 Å². The first-order valence-electron chi connectivity index (χ1n) is 3.78. The zero-order valence-electron chi connectivity index (χ0n) is 7.45. The summed E-state index contributed by atoms with van der Waals surface area (Å²) in [4.78, 5) is 0. The minimum Gasteiger partial charge on any atom is -0.393 e. The highest BCUT2D eigenvalue weighted by Gasteiger charge is 2.09. The number of aromatic nitrogens is 2. The second-order valence-electron chi connectivity index (χ2n) is 2.51. The number of anilines is 2. The van der Waals surface area contributed by atoms with Crippen LogP contribution in [0.3, 0.4) is 0 Å². The van der Waals surface area contributed by atoms with Gasteiger partial charge in [0.1, 0.15) is 11.5 Å². The fourth-order valence-corrected chi connectivity index (χ4v) is 0.944. The van der Waals surface area contributed by atoms with Crippen molar-refractivity contribution in [3.8, 4) is 12.3 Å². The van der Waals surface area contributed by atoms with Crippen molar-refractivity contribution < 1.29 is 4.74 Å². The summed E-state index contributed by atoms with van der Waals surface area (Å²) in [7, 11) is 1.60. The Morgan fingerprint density at radius 1 is 1.62 bits per heavy atom. The van der Waals surface area contributed by atoms with Gasteiger partial charge in [0.15, 0.2) is 5.69 Å². The molecule has 1 aromatic rings. The van der Waals surface area contributed by atoms with Gasteiger partial charge < -0.3 is 16.2 Å². The van der Waals surface area contributed by atoms with E-state index in [1.54, 1.807) is 7.11 Å². The van der Waals surface area contributed by atoms with E-state index in [-0.39, 0.29) is 0 Å². The van der Waals surface area contributed by atoms with E-state index in [1.807, 2.05) is 0 Å². The van der Waals surface area contributed by atoms with Crippen LogP contribution in [0.5, 0.6) is 0 Å². The van der Waals surface area contributed by atoms with Crippen molar-refractivity contribution in [1.29, 1.82) is 0 Å². The molecule has 0 aliphatic carbocycles. The summed E-state index contributed by atoms with van der Waals surface area (Å²) in [5.41, 5.74) is 12.0. The molecule has 0 aliphatic heterocycles. The Labute approximate surface area is 76.7 Å². The van der Waals surface area contributed by atoms with Crippen LogP contribution in [0.2, 0.25) is 0 Å². The Morgan fingerprint density at radius 3 is 2.77 bits per heavy atom. The fourth-order valence-electron chi connectivity index (χ4n) is 0.944. The van der Waals surface area contributed by atoms with E-state index >= 15 is 0 Å². The molecule has 4 N–H and O–H groups in total. The molecule has 70 valence electrons. The Morgan fingerprint density at radius 2 is 2.31 bits per heavy atom. The number of nitrogens with two attached hydrogens (primary N) is 2. The number of hydrogen-bond donors (Lipinski definition) is 2. The monoisotopic (exact) mass is 180 g/mol. The van der Waals surface area contributed by atoms with Crippen LogP contribution in [-0.4, -0.2) is 23.5 Å². The van der Waals surface area contributed by atoms with E-state index < -0.39 is 0 Å². The van der Waals surface area contributed by atoms with Gasteiger partial charge in [-0.25, -0.2) is 4.68 Å². The van der Waals surface area contributed by atoms with Crippen molar-refractivity contribution in [2.24, 2.45) is 0 Å². The van der Waals surface area contributed by atoms with Gasteiger partial charge in [-0.1, -0.05) is 0 Å². The molecule has 5 nitrogen and oxygen atoms in total. The average Bonchev–Trinajstić information content (AvgIpc) is 2.41. The maximum Gasteiger partial charge on any atom is 0.160 e. The van der Waals surface area contributed by atoms with Crippen LogP contribution in [-0.2, 0) is 11.3 Å². The molecule has 0 fully saturated rings. The highest BCUT2D eigenvalue weighted by molar-refractivity contribution is 5.66. The van der Waals surface area contributed by atoms with Crippen molar-refractivity contribution in [3.63, 3.8) is 0 Å². The number of nitrogens with zero attached hydrogens (tertiary/aromatic N) is 2. The Bertz CT molecular complexity index is 337. The molecule has 0 amide bonds. The molecule has 0 spiro atoms. The number of hydrogen-bond acceptors (Lipinski definition) is 4. The minimum absolute atomic E-state index is 0.360. The van der Waals surface area contributed by atoms with E-state index in [9.17, 15) is 0 Å². The van der Waals surface area contributed by atoms with Crippen molar-refractivity contribution >= 4 is 11.5 Å². The van der Waals surface area contributed by atoms with Gasteiger partial charge in [-0.05, 0) is 5.92 Å². The van der Waals surface area contributed by atoms with Crippen LogP contribution in [0.1, 0.15) is 5.69 Å². The zero-order chi connectivity index (χ0) is 9.84. The van der Waals surface area contributed by atoms with E-state index in [4.69, 9.17) is 22.6 Å². The number of terminal acetylenes is 1. The number of rotatable bonds is 3. The molecule has 0 unspecified atom stereocenters. The van der Waals surface area contributed by atoms with Gasteiger partial charge in [0, 0.05) is 7.11 Å². The third-order valence-corrected chi connectivity index (χ3v) is 1.67. The highest BCUT2D eigenvalue weighted by atomic mass is 16.5. The maximum absolute atomic E-state index is 5.64. The van der Waals surface area contributed by atoms with Gasteiger partial charge in [0.25, 0.3) is 0 Å². The summed E-state index contributed by atoms with van der Waals surface area (Å²) in [6, 6.07) is 0. The normalized spacial score (nSPS) is 9.85. The molecule has 0 aliphatic rings. The lowest BCUT2D eigenvalue weighted by atomic mass is 10.4.